The molecule has 0 bridgehead atoms. The summed E-state index contributed by atoms with van der Waals surface area (Å²) in [7, 11) is 0. The second-order valence-electron chi connectivity index (χ2n) is 9.00. The molecule has 1 saturated heterocycles. The molecule has 3 aliphatic heterocycles. The molecule has 2 unspecified atom stereocenters. The Labute approximate surface area is 189 Å². The maximum atomic E-state index is 13.6. The molecule has 2 aromatic rings. The Hall–Kier alpha value is -3.28. The van der Waals surface area contributed by atoms with Gasteiger partial charge in [0.15, 0.2) is 0 Å². The van der Waals surface area contributed by atoms with E-state index in [-0.39, 0.29) is 23.9 Å². The first-order valence-corrected chi connectivity index (χ1v) is 11.6. The van der Waals surface area contributed by atoms with Crippen LogP contribution in [0.25, 0.3) is 0 Å². The van der Waals surface area contributed by atoms with Gasteiger partial charge in [0.2, 0.25) is 0 Å². The molecule has 1 fully saturated rings. The van der Waals surface area contributed by atoms with E-state index >= 15 is 0 Å². The second-order valence-corrected chi connectivity index (χ2v) is 9.00. The molecule has 0 saturated carbocycles. The molecule has 32 heavy (non-hydrogen) atoms. The SMILES string of the molecule is Cc1ccc(C(=O)N2CCC(Cc3ccccc3)C2N2CNC(=O)C3=C2CCCN3)cc1. The van der Waals surface area contributed by atoms with E-state index in [2.05, 4.69) is 39.8 Å². The van der Waals surface area contributed by atoms with E-state index in [0.717, 1.165) is 55.6 Å². The Kier molecular flexibility index (Phi) is 5.60. The van der Waals surface area contributed by atoms with Gasteiger partial charge in [0.1, 0.15) is 11.9 Å². The van der Waals surface area contributed by atoms with E-state index < -0.39 is 0 Å². The highest BCUT2D eigenvalue weighted by Crippen LogP contribution is 2.36. The van der Waals surface area contributed by atoms with Crippen molar-refractivity contribution in [3.8, 4) is 0 Å². The molecule has 2 aromatic carbocycles. The zero-order valence-corrected chi connectivity index (χ0v) is 18.5. The summed E-state index contributed by atoms with van der Waals surface area (Å²) in [4.78, 5) is 30.4. The van der Waals surface area contributed by atoms with Crippen LogP contribution < -0.4 is 10.6 Å². The predicted octanol–water partition coefficient (Wildman–Crippen LogP) is 3.01. The number of likely N-dealkylation sites (tertiary alicyclic amines) is 1. The fourth-order valence-corrected chi connectivity index (χ4v) is 5.26. The summed E-state index contributed by atoms with van der Waals surface area (Å²) in [5.41, 5.74) is 4.87. The largest absolute Gasteiger partial charge is 0.379 e. The fourth-order valence-electron chi connectivity index (χ4n) is 5.26. The minimum atomic E-state index is -0.0884. The van der Waals surface area contributed by atoms with Crippen molar-refractivity contribution in [3.63, 3.8) is 0 Å². The third-order valence-corrected chi connectivity index (χ3v) is 6.87. The number of nitrogens with one attached hydrogen (secondary N) is 2. The molecule has 2 atom stereocenters. The van der Waals surface area contributed by atoms with Gasteiger partial charge >= 0.3 is 0 Å². The molecule has 0 aliphatic carbocycles. The van der Waals surface area contributed by atoms with E-state index in [0.29, 0.717) is 12.4 Å². The van der Waals surface area contributed by atoms with Crippen LogP contribution in [0.4, 0.5) is 0 Å². The molecule has 166 valence electrons. The van der Waals surface area contributed by atoms with Gasteiger partial charge in [0.25, 0.3) is 11.8 Å². The third-order valence-electron chi connectivity index (χ3n) is 6.87. The van der Waals surface area contributed by atoms with Crippen LogP contribution in [0.1, 0.15) is 40.7 Å². The van der Waals surface area contributed by atoms with Gasteiger partial charge in [-0.3, -0.25) is 9.59 Å². The lowest BCUT2D eigenvalue weighted by Crippen LogP contribution is -2.58. The van der Waals surface area contributed by atoms with E-state index in [9.17, 15) is 9.59 Å². The number of carbonyl (C=O) groups is 2. The summed E-state index contributed by atoms with van der Waals surface area (Å²) in [5.74, 6) is 0.316. The fraction of sp³-hybridized carbons (Fsp3) is 0.385. The number of nitrogens with zero attached hydrogens (tertiary/aromatic N) is 2. The van der Waals surface area contributed by atoms with Crippen molar-refractivity contribution in [1.29, 1.82) is 0 Å². The Morgan fingerprint density at radius 2 is 1.84 bits per heavy atom. The van der Waals surface area contributed by atoms with Crippen LogP contribution in [0.5, 0.6) is 0 Å². The molecule has 0 spiro atoms. The normalized spacial score (nSPS) is 23.0. The Bertz CT molecular complexity index is 1030. The summed E-state index contributed by atoms with van der Waals surface area (Å²) < 4.78 is 0. The van der Waals surface area contributed by atoms with Crippen molar-refractivity contribution in [3.05, 3.63) is 82.7 Å². The molecule has 6 nitrogen and oxygen atoms in total. The van der Waals surface area contributed by atoms with Crippen LogP contribution in [0, 0.1) is 12.8 Å². The number of carbonyl (C=O) groups excluding carboxylic acids is 2. The van der Waals surface area contributed by atoms with E-state index in [4.69, 9.17) is 0 Å². The zero-order chi connectivity index (χ0) is 22.1. The molecule has 6 heteroatoms. The Morgan fingerprint density at radius 3 is 2.62 bits per heavy atom. The Morgan fingerprint density at radius 1 is 1.06 bits per heavy atom. The minimum Gasteiger partial charge on any atom is -0.379 e. The first-order chi connectivity index (χ1) is 15.6. The van der Waals surface area contributed by atoms with Gasteiger partial charge in [-0.15, -0.1) is 0 Å². The summed E-state index contributed by atoms with van der Waals surface area (Å²) in [6.07, 6.45) is 3.61. The molecular weight excluding hydrogens is 400 g/mol. The number of hydrogen-bond acceptors (Lipinski definition) is 4. The summed E-state index contributed by atoms with van der Waals surface area (Å²) in [6, 6.07) is 18.3. The lowest BCUT2D eigenvalue weighted by atomic mass is 9.94. The van der Waals surface area contributed by atoms with Gasteiger partial charge in [-0.1, -0.05) is 48.0 Å². The number of allylic oxidation sites excluding steroid dienone is 1. The van der Waals surface area contributed by atoms with Gasteiger partial charge < -0.3 is 20.4 Å². The summed E-state index contributed by atoms with van der Waals surface area (Å²) >= 11 is 0. The molecule has 3 aliphatic rings. The van der Waals surface area contributed by atoms with Crippen molar-refractivity contribution in [1.82, 2.24) is 20.4 Å². The molecule has 3 heterocycles. The maximum Gasteiger partial charge on any atom is 0.270 e. The number of aryl methyl sites for hydroxylation is 1. The van der Waals surface area contributed by atoms with Crippen LogP contribution in [0.15, 0.2) is 66.0 Å². The number of hydrogen-bond donors (Lipinski definition) is 2. The van der Waals surface area contributed by atoms with E-state index in [1.165, 1.54) is 5.56 Å². The van der Waals surface area contributed by atoms with Crippen molar-refractivity contribution in [2.75, 3.05) is 19.8 Å². The number of rotatable bonds is 4. The van der Waals surface area contributed by atoms with Crippen molar-refractivity contribution < 1.29 is 9.59 Å². The highest BCUT2D eigenvalue weighted by Gasteiger charge is 2.44. The average molecular weight is 431 g/mol. The van der Waals surface area contributed by atoms with Crippen LogP contribution in [0.3, 0.4) is 0 Å². The Balaban J connectivity index is 1.50. The first kappa shape index (κ1) is 20.6. The molecule has 0 radical (unpaired) electrons. The maximum absolute atomic E-state index is 13.6. The zero-order valence-electron chi connectivity index (χ0n) is 18.5. The molecule has 5 rings (SSSR count). The van der Waals surface area contributed by atoms with E-state index in [1.54, 1.807) is 0 Å². The summed E-state index contributed by atoms with van der Waals surface area (Å²) in [5, 5.41) is 6.32. The van der Waals surface area contributed by atoms with E-state index in [1.807, 2.05) is 42.2 Å². The second kappa shape index (κ2) is 8.69. The minimum absolute atomic E-state index is 0.0371. The molecule has 0 aromatic heterocycles. The molecule has 2 amide bonds. The van der Waals surface area contributed by atoms with Crippen molar-refractivity contribution in [2.24, 2.45) is 5.92 Å². The third kappa shape index (κ3) is 3.85. The average Bonchev–Trinajstić information content (AvgIpc) is 3.23. The quantitative estimate of drug-likeness (QED) is 0.783. The number of amides is 2. The van der Waals surface area contributed by atoms with Crippen LogP contribution >= 0.6 is 0 Å². The highest BCUT2D eigenvalue weighted by molar-refractivity contribution is 5.95. The smallest absolute Gasteiger partial charge is 0.270 e. The lowest BCUT2D eigenvalue weighted by Gasteiger charge is -2.44. The monoisotopic (exact) mass is 430 g/mol. The first-order valence-electron chi connectivity index (χ1n) is 11.6. The number of benzene rings is 2. The predicted molar refractivity (Wildman–Crippen MR) is 123 cm³/mol. The summed E-state index contributed by atoms with van der Waals surface area (Å²) in [6.45, 7) is 4.00. The standard InChI is InChI=1S/C26H30N4O2/c1-18-9-11-20(12-10-18)26(32)29-15-13-21(16-19-6-3-2-4-7-19)25(29)30-17-28-24(31)23-22(30)8-5-14-27-23/h2-4,6-7,9-12,21,25,27H,5,8,13-17H2,1H3,(H,28,31). The lowest BCUT2D eigenvalue weighted by molar-refractivity contribution is -0.120. The highest BCUT2D eigenvalue weighted by atomic mass is 16.2. The van der Waals surface area contributed by atoms with Gasteiger partial charge in [-0.25, -0.2) is 0 Å². The van der Waals surface area contributed by atoms with Crippen LogP contribution in [-0.2, 0) is 11.2 Å². The molecular formula is C26H30N4O2. The van der Waals surface area contributed by atoms with Crippen LogP contribution in [-0.4, -0.2) is 47.5 Å². The topological polar surface area (TPSA) is 64.7 Å². The molecule has 2 N–H and O–H groups in total. The van der Waals surface area contributed by atoms with Crippen LogP contribution in [0.2, 0.25) is 0 Å². The van der Waals surface area contributed by atoms with Crippen molar-refractivity contribution >= 4 is 11.8 Å². The van der Waals surface area contributed by atoms with Gasteiger partial charge in [-0.2, -0.15) is 0 Å². The van der Waals surface area contributed by atoms with Crippen molar-refractivity contribution in [2.45, 2.75) is 38.8 Å². The van der Waals surface area contributed by atoms with Gasteiger partial charge in [0.05, 0.1) is 6.67 Å². The van der Waals surface area contributed by atoms with Gasteiger partial charge in [-0.05, 0) is 50.3 Å². The van der Waals surface area contributed by atoms with Gasteiger partial charge in [0, 0.05) is 30.3 Å².